The van der Waals surface area contributed by atoms with Crippen molar-refractivity contribution in [1.29, 1.82) is 0 Å². The highest BCUT2D eigenvalue weighted by molar-refractivity contribution is 6.08. The predicted octanol–water partition coefficient (Wildman–Crippen LogP) is 6.14. The molecular weight excluding hydrogens is 344 g/mol. The van der Waals surface area contributed by atoms with Crippen LogP contribution < -0.4 is 0 Å². The van der Waals surface area contributed by atoms with Crippen molar-refractivity contribution >= 4 is 22.1 Å². The van der Waals surface area contributed by atoms with Gasteiger partial charge in [-0.05, 0) is 61.1 Å². The number of hydrogen-bond donors (Lipinski definition) is 0. The first kappa shape index (κ1) is 12.1. The molecule has 0 aliphatic heterocycles. The van der Waals surface area contributed by atoms with Gasteiger partial charge in [0.05, 0.1) is 5.69 Å². The molecule has 3 aromatic heterocycles. The molecule has 3 heteroatoms. The number of pyridine rings is 2. The van der Waals surface area contributed by atoms with Crippen molar-refractivity contribution in [3.05, 3.63) is 95.8 Å². The van der Waals surface area contributed by atoms with E-state index in [2.05, 4.69) is 9.97 Å². The van der Waals surface area contributed by atoms with Gasteiger partial charge in [0, 0.05) is 35.1 Å². The van der Waals surface area contributed by atoms with Crippen LogP contribution in [-0.4, -0.2) is 9.97 Å². The molecular formula is C25H20N2O. The average Bonchev–Trinajstić information content (AvgIpc) is 3.17. The van der Waals surface area contributed by atoms with Crippen LogP contribution in [-0.2, 0) is 12.8 Å². The largest absolute Gasteiger partial charge is 0.437 e. The van der Waals surface area contributed by atoms with Crippen molar-refractivity contribution < 1.29 is 11.3 Å². The number of para-hydroxylation sites is 1. The van der Waals surface area contributed by atoms with Gasteiger partial charge in [0.2, 0.25) is 5.71 Å². The van der Waals surface area contributed by atoms with Gasteiger partial charge in [-0.1, -0.05) is 42.5 Å². The molecule has 3 heterocycles. The van der Waals surface area contributed by atoms with E-state index in [1.807, 2.05) is 48.5 Å². The van der Waals surface area contributed by atoms with Crippen molar-refractivity contribution in [3.8, 4) is 11.3 Å². The molecule has 3 nitrogen and oxygen atoms in total. The lowest BCUT2D eigenvalue weighted by molar-refractivity contribution is 0.653. The van der Waals surface area contributed by atoms with Crippen LogP contribution >= 0.6 is 0 Å². The fourth-order valence-electron chi connectivity index (χ4n) is 3.37. The normalized spacial score (nSPS) is 14.9. The van der Waals surface area contributed by atoms with Crippen molar-refractivity contribution in [3.63, 3.8) is 0 Å². The number of furan rings is 1. The van der Waals surface area contributed by atoms with Crippen LogP contribution in [0.15, 0.2) is 83.4 Å². The summed E-state index contributed by atoms with van der Waals surface area (Å²) in [6.07, 6.45) is 0.255. The maximum atomic E-state index is 8.65. The number of rotatable bonds is 4. The van der Waals surface area contributed by atoms with Crippen molar-refractivity contribution in [2.45, 2.75) is 19.6 Å². The molecule has 136 valence electrons. The molecule has 0 atom stereocenters. The third kappa shape index (κ3) is 3.05. The van der Waals surface area contributed by atoms with Gasteiger partial charge in [0.1, 0.15) is 5.58 Å². The first-order chi connectivity index (χ1) is 15.7. The zero-order valence-corrected chi connectivity index (χ0v) is 15.0. The summed E-state index contributed by atoms with van der Waals surface area (Å²) in [7, 11) is 0. The molecule has 0 aliphatic rings. The third-order valence-electron chi connectivity index (χ3n) is 4.74. The van der Waals surface area contributed by atoms with Crippen LogP contribution in [0.5, 0.6) is 0 Å². The minimum Gasteiger partial charge on any atom is -0.437 e. The summed E-state index contributed by atoms with van der Waals surface area (Å²) in [5, 5.41) is 1.52. The lowest BCUT2D eigenvalue weighted by Crippen LogP contribution is -1.93. The molecule has 0 aliphatic carbocycles. The Balaban J connectivity index is 1.59. The monoisotopic (exact) mass is 369 g/mol. The molecule has 0 amide bonds. The van der Waals surface area contributed by atoms with E-state index in [4.69, 9.17) is 11.3 Å². The van der Waals surface area contributed by atoms with E-state index in [0.717, 1.165) is 16.3 Å². The van der Waals surface area contributed by atoms with Crippen molar-refractivity contribution in [1.82, 2.24) is 9.97 Å². The zero-order chi connectivity index (χ0) is 23.2. The van der Waals surface area contributed by atoms with Gasteiger partial charge < -0.3 is 4.42 Å². The zero-order valence-electron chi connectivity index (χ0n) is 20.0. The summed E-state index contributed by atoms with van der Waals surface area (Å²) < 4.78 is 46.1. The number of aromatic nitrogens is 2. The van der Waals surface area contributed by atoms with E-state index in [-0.39, 0.29) is 17.8 Å². The fourth-order valence-corrected chi connectivity index (χ4v) is 3.37. The lowest BCUT2D eigenvalue weighted by atomic mass is 10.0. The van der Waals surface area contributed by atoms with Crippen LogP contribution in [0.4, 0.5) is 0 Å². The molecule has 0 unspecified atom stereocenters. The highest BCUT2D eigenvalue weighted by Gasteiger charge is 2.14. The predicted molar refractivity (Wildman–Crippen MR) is 113 cm³/mol. The van der Waals surface area contributed by atoms with Crippen LogP contribution in [0.25, 0.3) is 33.3 Å². The number of aryl methyl sites for hydroxylation is 3. The van der Waals surface area contributed by atoms with Gasteiger partial charge in [0.15, 0.2) is 0 Å². The summed E-state index contributed by atoms with van der Waals surface area (Å²) in [6.45, 7) is -2.32. The van der Waals surface area contributed by atoms with Gasteiger partial charge >= 0.3 is 0 Å². The highest BCUT2D eigenvalue weighted by atomic mass is 16.3. The Morgan fingerprint density at radius 1 is 0.929 bits per heavy atom. The van der Waals surface area contributed by atoms with Gasteiger partial charge in [-0.3, -0.25) is 4.98 Å². The van der Waals surface area contributed by atoms with Crippen LogP contribution in [0, 0.1) is 6.85 Å². The topological polar surface area (TPSA) is 38.9 Å². The molecule has 0 N–H and O–H groups in total. The van der Waals surface area contributed by atoms with E-state index in [1.54, 1.807) is 24.4 Å². The SMILES string of the molecule is [2H]C([2H])([2H])c1ccc2c(n1)oc1c(-c3cc(C([2H])([2H])Cc4ccccc4)ccn3)cccc12. The van der Waals surface area contributed by atoms with Crippen LogP contribution in [0.3, 0.4) is 0 Å². The molecule has 2 aromatic carbocycles. The minimum absolute atomic E-state index is 0.0233. The first-order valence-electron chi connectivity index (χ1n) is 11.6. The van der Waals surface area contributed by atoms with Gasteiger partial charge in [-0.25, -0.2) is 4.98 Å². The molecule has 28 heavy (non-hydrogen) atoms. The molecule has 0 bridgehead atoms. The van der Waals surface area contributed by atoms with Gasteiger partial charge in [0.25, 0.3) is 0 Å². The Kier molecular flexibility index (Phi) is 2.99. The molecule has 0 saturated carbocycles. The maximum Gasteiger partial charge on any atom is 0.227 e. The summed E-state index contributed by atoms with van der Waals surface area (Å²) in [5.41, 5.74) is 3.47. The summed E-state index contributed by atoms with van der Waals surface area (Å²) in [4.78, 5) is 8.68. The quantitative estimate of drug-likeness (QED) is 0.382. The second-order valence-electron chi connectivity index (χ2n) is 6.60. The number of benzene rings is 2. The Morgan fingerprint density at radius 2 is 1.86 bits per heavy atom. The van der Waals surface area contributed by atoms with E-state index in [1.165, 1.54) is 6.07 Å². The number of hydrogen-bond acceptors (Lipinski definition) is 3. The molecule has 5 rings (SSSR count). The van der Waals surface area contributed by atoms with Gasteiger partial charge in [-0.15, -0.1) is 0 Å². The Bertz CT molecular complexity index is 1460. The van der Waals surface area contributed by atoms with Crippen LogP contribution in [0.2, 0.25) is 0 Å². The number of fused-ring (bicyclic) bond motifs is 3. The van der Waals surface area contributed by atoms with Crippen molar-refractivity contribution in [2.75, 3.05) is 0 Å². The Morgan fingerprint density at radius 3 is 2.75 bits per heavy atom. The van der Waals surface area contributed by atoms with Gasteiger partial charge in [-0.2, -0.15) is 0 Å². The van der Waals surface area contributed by atoms with E-state index >= 15 is 0 Å². The smallest absolute Gasteiger partial charge is 0.227 e. The molecule has 5 aromatic rings. The summed E-state index contributed by atoms with van der Waals surface area (Å²) >= 11 is 0. The average molecular weight is 369 g/mol. The second kappa shape index (κ2) is 6.93. The minimum atomic E-state index is -2.32. The molecule has 0 radical (unpaired) electrons. The maximum absolute atomic E-state index is 8.65. The van der Waals surface area contributed by atoms with E-state index in [9.17, 15) is 0 Å². The van der Waals surface area contributed by atoms with E-state index in [0.29, 0.717) is 22.4 Å². The standard InChI is InChI=1S/C25H20N2O/c1-17-10-13-21-20-8-5-9-22(24(20)28-25(21)27-17)23-16-19(14-15-26-23)12-11-18-6-3-2-4-7-18/h2-10,13-16H,11-12H2,1H3/i1D3,12D2. The highest BCUT2D eigenvalue weighted by Crippen LogP contribution is 2.34. The third-order valence-corrected chi connectivity index (χ3v) is 4.74. The first-order valence-corrected chi connectivity index (χ1v) is 9.06. The number of nitrogens with zero attached hydrogens (tertiary/aromatic N) is 2. The van der Waals surface area contributed by atoms with Crippen molar-refractivity contribution in [2.24, 2.45) is 0 Å². The lowest BCUT2D eigenvalue weighted by Gasteiger charge is -2.06. The van der Waals surface area contributed by atoms with Crippen LogP contribution in [0.1, 0.15) is 23.7 Å². The molecule has 0 fully saturated rings. The fraction of sp³-hybridized carbons (Fsp3) is 0.120. The molecule has 0 saturated heterocycles. The summed E-state index contributed by atoms with van der Waals surface area (Å²) in [5.74, 6) is 0. The Hall–Kier alpha value is -3.46. The molecule has 0 spiro atoms. The Labute approximate surface area is 170 Å². The second-order valence-corrected chi connectivity index (χ2v) is 6.60. The summed E-state index contributed by atoms with van der Waals surface area (Å²) in [6, 6.07) is 21.8. The van der Waals surface area contributed by atoms with E-state index < -0.39 is 13.2 Å².